The van der Waals surface area contributed by atoms with Crippen LogP contribution in [0.5, 0.6) is 0 Å². The summed E-state index contributed by atoms with van der Waals surface area (Å²) in [7, 11) is 1.23. The van der Waals surface area contributed by atoms with Gasteiger partial charge < -0.3 is 31.3 Å². The topological polar surface area (TPSA) is 177 Å². The SMILES string of the molecule is C/C=C(\NC(=O)[C@@H](N)[C@@H](C)O)c1nc(C(=O)N[C@H](c2nc(C(=O)OC)cs2)C(C)(C)O)cs1. The molecular weight excluding hydrogens is 470 g/mol. The largest absolute Gasteiger partial charge is 0.464 e. The monoisotopic (exact) mass is 497 g/mol. The second kappa shape index (κ2) is 10.9. The molecule has 0 aromatic carbocycles. The summed E-state index contributed by atoms with van der Waals surface area (Å²) in [4.78, 5) is 45.1. The number of aliphatic hydroxyl groups excluding tert-OH is 1. The molecule has 2 aromatic heterocycles. The molecule has 2 rings (SSSR count). The number of allylic oxidation sites excluding steroid dienone is 1. The highest BCUT2D eigenvalue weighted by Gasteiger charge is 2.34. The summed E-state index contributed by atoms with van der Waals surface area (Å²) in [5.41, 5.74) is 4.71. The van der Waals surface area contributed by atoms with Crippen molar-refractivity contribution in [2.45, 2.75) is 51.5 Å². The Labute approximate surface area is 198 Å². The van der Waals surface area contributed by atoms with Gasteiger partial charge in [0, 0.05) is 10.8 Å². The number of rotatable bonds is 9. The molecule has 33 heavy (non-hydrogen) atoms. The Hall–Kier alpha value is -2.71. The van der Waals surface area contributed by atoms with Crippen LogP contribution in [0.3, 0.4) is 0 Å². The second-order valence-corrected chi connectivity index (χ2v) is 9.37. The van der Waals surface area contributed by atoms with E-state index >= 15 is 0 Å². The first-order chi connectivity index (χ1) is 15.4. The van der Waals surface area contributed by atoms with Gasteiger partial charge in [-0.05, 0) is 27.7 Å². The molecule has 0 aliphatic carbocycles. The van der Waals surface area contributed by atoms with Crippen LogP contribution in [0.25, 0.3) is 5.70 Å². The van der Waals surface area contributed by atoms with Crippen molar-refractivity contribution in [3.8, 4) is 0 Å². The van der Waals surface area contributed by atoms with E-state index in [0.717, 1.165) is 22.7 Å². The molecule has 0 bridgehead atoms. The van der Waals surface area contributed by atoms with Crippen LogP contribution in [0.1, 0.15) is 64.7 Å². The van der Waals surface area contributed by atoms with E-state index in [9.17, 15) is 24.6 Å². The molecule has 2 amide bonds. The van der Waals surface area contributed by atoms with Crippen molar-refractivity contribution in [3.05, 3.63) is 38.2 Å². The molecule has 0 saturated heterocycles. The van der Waals surface area contributed by atoms with Gasteiger partial charge in [-0.3, -0.25) is 9.59 Å². The first-order valence-corrected chi connectivity index (χ1v) is 11.6. The molecule has 0 aliphatic heterocycles. The van der Waals surface area contributed by atoms with Crippen molar-refractivity contribution in [3.63, 3.8) is 0 Å². The van der Waals surface area contributed by atoms with Crippen LogP contribution < -0.4 is 16.4 Å². The molecule has 6 N–H and O–H groups in total. The zero-order valence-corrected chi connectivity index (χ0v) is 20.4. The highest BCUT2D eigenvalue weighted by atomic mass is 32.1. The number of aromatic nitrogens is 2. The van der Waals surface area contributed by atoms with Crippen molar-refractivity contribution in [1.29, 1.82) is 0 Å². The van der Waals surface area contributed by atoms with Crippen molar-refractivity contribution >= 4 is 46.2 Å². The Kier molecular flexibility index (Phi) is 8.80. The highest BCUT2D eigenvalue weighted by molar-refractivity contribution is 7.11. The minimum atomic E-state index is -1.40. The fraction of sp³-hybridized carbons (Fsp3) is 0.450. The summed E-state index contributed by atoms with van der Waals surface area (Å²) in [6, 6.07) is -2.05. The number of methoxy groups -OCH3 is 1. The Bertz CT molecular complexity index is 1040. The fourth-order valence-corrected chi connectivity index (χ4v) is 4.40. The first-order valence-electron chi connectivity index (χ1n) is 9.82. The average Bonchev–Trinajstić information content (AvgIpc) is 3.43. The molecule has 11 nitrogen and oxygen atoms in total. The Balaban J connectivity index is 2.21. The van der Waals surface area contributed by atoms with Gasteiger partial charge in [-0.15, -0.1) is 22.7 Å². The maximum Gasteiger partial charge on any atom is 0.357 e. The van der Waals surface area contributed by atoms with E-state index in [1.165, 1.54) is 38.6 Å². The second-order valence-electron chi connectivity index (χ2n) is 7.62. The average molecular weight is 498 g/mol. The van der Waals surface area contributed by atoms with E-state index in [2.05, 4.69) is 25.3 Å². The predicted octanol–water partition coefficient (Wildman–Crippen LogP) is 0.813. The molecule has 0 aliphatic rings. The van der Waals surface area contributed by atoms with E-state index in [1.54, 1.807) is 13.0 Å². The molecule has 2 aromatic rings. The number of hydrogen-bond acceptors (Lipinski definition) is 11. The van der Waals surface area contributed by atoms with E-state index in [4.69, 9.17) is 5.73 Å². The molecule has 0 saturated carbocycles. The van der Waals surface area contributed by atoms with Crippen molar-refractivity contribution in [2.75, 3.05) is 7.11 Å². The summed E-state index contributed by atoms with van der Waals surface area (Å²) in [5, 5.41) is 29.0. The lowest BCUT2D eigenvalue weighted by Crippen LogP contribution is -2.46. The third-order valence-electron chi connectivity index (χ3n) is 4.48. The van der Waals surface area contributed by atoms with Gasteiger partial charge in [-0.2, -0.15) is 0 Å². The number of esters is 1. The van der Waals surface area contributed by atoms with Gasteiger partial charge in [-0.1, -0.05) is 6.08 Å². The Morgan fingerprint density at radius 3 is 2.39 bits per heavy atom. The lowest BCUT2D eigenvalue weighted by Gasteiger charge is -2.28. The first kappa shape index (κ1) is 26.5. The molecular formula is C20H27N5O6S2. The van der Waals surface area contributed by atoms with Crippen molar-refractivity contribution in [1.82, 2.24) is 20.6 Å². The smallest absolute Gasteiger partial charge is 0.357 e. The third kappa shape index (κ3) is 6.65. The molecule has 2 heterocycles. The minimum absolute atomic E-state index is 0.0578. The van der Waals surface area contributed by atoms with Crippen LogP contribution >= 0.6 is 22.7 Å². The van der Waals surface area contributed by atoms with Gasteiger partial charge >= 0.3 is 5.97 Å². The predicted molar refractivity (Wildman–Crippen MR) is 124 cm³/mol. The standard InChI is InChI=1S/C20H27N5O6S2/c1-6-10(22-16(28)13(21)9(2)26)17-23-11(7-32-17)15(27)25-14(20(3,4)30)18-24-12(8-33-18)19(29)31-5/h6-9,13-14,26,30H,21H2,1-5H3,(H,22,28)(H,25,27)/b10-6-/t9-,13+,14-/m1/s1. The molecule has 0 spiro atoms. The van der Waals surface area contributed by atoms with Crippen LogP contribution in [0.4, 0.5) is 0 Å². The van der Waals surface area contributed by atoms with Gasteiger partial charge in [0.15, 0.2) is 5.69 Å². The number of aliphatic hydroxyl groups is 2. The Morgan fingerprint density at radius 1 is 1.21 bits per heavy atom. The lowest BCUT2D eigenvalue weighted by atomic mass is 9.99. The zero-order chi connectivity index (χ0) is 24.9. The number of carbonyl (C=O) groups excluding carboxylic acids is 3. The van der Waals surface area contributed by atoms with Crippen LogP contribution in [0.15, 0.2) is 16.8 Å². The summed E-state index contributed by atoms with van der Waals surface area (Å²) in [6.07, 6.45) is 0.557. The maximum atomic E-state index is 12.9. The van der Waals surface area contributed by atoms with Crippen LogP contribution in [0.2, 0.25) is 0 Å². The summed E-state index contributed by atoms with van der Waals surface area (Å²) in [6.45, 7) is 6.09. The number of nitrogens with zero attached hydrogens (tertiary/aromatic N) is 2. The normalized spacial score (nSPS) is 14.8. The van der Waals surface area contributed by atoms with E-state index in [-0.39, 0.29) is 11.4 Å². The highest BCUT2D eigenvalue weighted by Crippen LogP contribution is 2.29. The van der Waals surface area contributed by atoms with E-state index in [1.807, 2.05) is 0 Å². The number of carbonyl (C=O) groups is 3. The molecule has 0 radical (unpaired) electrons. The zero-order valence-electron chi connectivity index (χ0n) is 18.8. The van der Waals surface area contributed by atoms with Gasteiger partial charge in [0.2, 0.25) is 5.91 Å². The van der Waals surface area contributed by atoms with Crippen molar-refractivity contribution < 1.29 is 29.3 Å². The molecule has 3 atom stereocenters. The Morgan fingerprint density at radius 2 is 1.85 bits per heavy atom. The lowest BCUT2D eigenvalue weighted by molar-refractivity contribution is -0.123. The number of amides is 2. The number of ether oxygens (including phenoxy) is 1. The van der Waals surface area contributed by atoms with Gasteiger partial charge in [0.25, 0.3) is 5.91 Å². The van der Waals surface area contributed by atoms with E-state index < -0.39 is 41.6 Å². The van der Waals surface area contributed by atoms with Crippen LogP contribution in [-0.2, 0) is 9.53 Å². The number of nitrogens with one attached hydrogen (secondary N) is 2. The molecule has 0 fully saturated rings. The van der Waals surface area contributed by atoms with Crippen molar-refractivity contribution in [2.24, 2.45) is 5.73 Å². The summed E-state index contributed by atoms with van der Waals surface area (Å²) < 4.78 is 4.65. The van der Waals surface area contributed by atoms with E-state index in [0.29, 0.717) is 15.7 Å². The summed E-state index contributed by atoms with van der Waals surface area (Å²) >= 11 is 2.22. The molecule has 180 valence electrons. The van der Waals surface area contributed by atoms with Gasteiger partial charge in [0.1, 0.15) is 27.8 Å². The third-order valence-corrected chi connectivity index (χ3v) is 6.27. The number of nitrogens with two attached hydrogens (primary N) is 1. The van der Waals surface area contributed by atoms with Gasteiger partial charge in [-0.25, -0.2) is 14.8 Å². The quantitative estimate of drug-likeness (QED) is 0.314. The molecule has 13 heteroatoms. The number of hydrogen-bond donors (Lipinski definition) is 5. The number of thiazole rings is 2. The van der Waals surface area contributed by atoms with Crippen LogP contribution in [-0.4, -0.2) is 62.8 Å². The minimum Gasteiger partial charge on any atom is -0.464 e. The molecule has 0 unspecified atom stereocenters. The van der Waals surface area contributed by atoms with Crippen LogP contribution in [0, 0.1) is 0 Å². The fourth-order valence-electron chi connectivity index (χ4n) is 2.55. The maximum absolute atomic E-state index is 12.9. The summed E-state index contributed by atoms with van der Waals surface area (Å²) in [5.74, 6) is -1.80. The van der Waals surface area contributed by atoms with Gasteiger partial charge in [0.05, 0.1) is 24.5 Å².